The van der Waals surface area contributed by atoms with Crippen molar-refractivity contribution in [2.75, 3.05) is 25.0 Å². The molecule has 0 saturated carbocycles. The van der Waals surface area contributed by atoms with E-state index >= 15 is 0 Å². The van der Waals surface area contributed by atoms with E-state index in [0.29, 0.717) is 18.9 Å². The average Bonchev–Trinajstić information content (AvgIpc) is 2.43. The summed E-state index contributed by atoms with van der Waals surface area (Å²) in [7, 11) is 0. The van der Waals surface area contributed by atoms with Crippen molar-refractivity contribution in [3.05, 3.63) is 29.8 Å². The Hall–Kier alpha value is -1.92. The third-order valence-electron chi connectivity index (χ3n) is 2.32. The zero-order valence-corrected chi connectivity index (χ0v) is 10.9. The number of amides is 2. The van der Waals surface area contributed by atoms with Gasteiger partial charge in [0.05, 0.1) is 19.7 Å². The van der Waals surface area contributed by atoms with E-state index < -0.39 is 0 Å². The largest absolute Gasteiger partial charge is 0.377 e. The van der Waals surface area contributed by atoms with Crippen molar-refractivity contribution < 1.29 is 14.3 Å². The maximum absolute atomic E-state index is 11.6. The molecule has 0 aliphatic rings. The van der Waals surface area contributed by atoms with Crippen molar-refractivity contribution in [3.8, 4) is 0 Å². The van der Waals surface area contributed by atoms with Gasteiger partial charge >= 0.3 is 0 Å². The summed E-state index contributed by atoms with van der Waals surface area (Å²) in [5.41, 5.74) is 6.77. The number of carbonyl (C=O) groups is 2. The zero-order valence-electron chi connectivity index (χ0n) is 10.9. The summed E-state index contributed by atoms with van der Waals surface area (Å²) in [6.45, 7) is 2.85. The number of nitrogens with two attached hydrogens (primary N) is 1. The highest BCUT2D eigenvalue weighted by molar-refractivity contribution is 5.94. The van der Waals surface area contributed by atoms with Gasteiger partial charge < -0.3 is 21.1 Å². The lowest BCUT2D eigenvalue weighted by Crippen LogP contribution is -2.36. The van der Waals surface area contributed by atoms with Crippen molar-refractivity contribution in [2.45, 2.75) is 13.5 Å². The third-order valence-corrected chi connectivity index (χ3v) is 2.32. The van der Waals surface area contributed by atoms with E-state index in [-0.39, 0.29) is 24.9 Å². The number of nitrogens with one attached hydrogen (secondary N) is 2. The fourth-order valence-corrected chi connectivity index (χ4v) is 1.41. The molecule has 0 heterocycles. The first-order valence-electron chi connectivity index (χ1n) is 6.09. The van der Waals surface area contributed by atoms with Crippen LogP contribution < -0.4 is 16.4 Å². The summed E-state index contributed by atoms with van der Waals surface area (Å²) in [6, 6.07) is 7.36. The Morgan fingerprint density at radius 3 is 2.79 bits per heavy atom. The summed E-state index contributed by atoms with van der Waals surface area (Å²) in [5.74, 6) is -0.657. The first kappa shape index (κ1) is 15.1. The lowest BCUT2D eigenvalue weighted by molar-refractivity contribution is -0.123. The molecule has 0 atom stereocenters. The molecule has 1 aromatic rings. The highest BCUT2D eigenvalue weighted by Gasteiger charge is 2.04. The molecular weight excluding hydrogens is 246 g/mol. The lowest BCUT2D eigenvalue weighted by atomic mass is 10.2. The predicted molar refractivity (Wildman–Crippen MR) is 72.5 cm³/mol. The number of rotatable bonds is 7. The maximum atomic E-state index is 11.6. The Balaban J connectivity index is 2.47. The Morgan fingerprint density at radius 1 is 1.32 bits per heavy atom. The highest BCUT2D eigenvalue weighted by atomic mass is 16.5. The SMILES string of the molecule is CCOCc1cccc(NC(=O)CNC(=O)CN)c1. The summed E-state index contributed by atoms with van der Waals surface area (Å²) in [5, 5.41) is 5.09. The summed E-state index contributed by atoms with van der Waals surface area (Å²) >= 11 is 0. The number of ether oxygens (including phenoxy) is 1. The van der Waals surface area contributed by atoms with Gasteiger partial charge in [0.15, 0.2) is 0 Å². The molecule has 104 valence electrons. The normalized spacial score (nSPS) is 10.0. The molecular formula is C13H19N3O3. The minimum atomic E-state index is -0.361. The topological polar surface area (TPSA) is 93.5 Å². The molecule has 2 amide bonds. The molecule has 0 aliphatic carbocycles. The van der Waals surface area contributed by atoms with Gasteiger partial charge in [-0.15, -0.1) is 0 Å². The van der Waals surface area contributed by atoms with Crippen LogP contribution in [0.3, 0.4) is 0 Å². The van der Waals surface area contributed by atoms with Crippen LogP contribution in [0.15, 0.2) is 24.3 Å². The van der Waals surface area contributed by atoms with E-state index in [1.165, 1.54) is 0 Å². The van der Waals surface area contributed by atoms with Gasteiger partial charge in [-0.1, -0.05) is 12.1 Å². The fourth-order valence-electron chi connectivity index (χ4n) is 1.41. The van der Waals surface area contributed by atoms with Crippen molar-refractivity contribution >= 4 is 17.5 Å². The van der Waals surface area contributed by atoms with Gasteiger partial charge in [0.2, 0.25) is 11.8 Å². The Kier molecular flexibility index (Phi) is 6.56. The molecule has 6 nitrogen and oxygen atoms in total. The molecule has 0 spiro atoms. The number of hydrogen-bond acceptors (Lipinski definition) is 4. The van der Waals surface area contributed by atoms with Gasteiger partial charge in [-0.25, -0.2) is 0 Å². The number of anilines is 1. The van der Waals surface area contributed by atoms with Gasteiger partial charge in [0.1, 0.15) is 0 Å². The predicted octanol–water partition coefficient (Wildman–Crippen LogP) is 0.237. The molecule has 0 saturated heterocycles. The maximum Gasteiger partial charge on any atom is 0.243 e. The summed E-state index contributed by atoms with van der Waals surface area (Å²) in [6.07, 6.45) is 0. The van der Waals surface area contributed by atoms with Gasteiger partial charge in [0, 0.05) is 12.3 Å². The average molecular weight is 265 g/mol. The summed E-state index contributed by atoms with van der Waals surface area (Å²) in [4.78, 5) is 22.5. The van der Waals surface area contributed by atoms with E-state index in [1.54, 1.807) is 6.07 Å². The van der Waals surface area contributed by atoms with E-state index in [2.05, 4.69) is 10.6 Å². The second kappa shape index (κ2) is 8.23. The van der Waals surface area contributed by atoms with E-state index in [9.17, 15) is 9.59 Å². The van der Waals surface area contributed by atoms with Crippen molar-refractivity contribution in [3.63, 3.8) is 0 Å². The monoisotopic (exact) mass is 265 g/mol. The standard InChI is InChI=1S/C13H19N3O3/c1-2-19-9-10-4-3-5-11(6-10)16-13(18)8-15-12(17)7-14/h3-6H,2,7-9,14H2,1H3,(H,15,17)(H,16,18). The number of benzene rings is 1. The molecule has 0 unspecified atom stereocenters. The van der Waals surface area contributed by atoms with Crippen LogP contribution in [0.25, 0.3) is 0 Å². The second-order valence-electron chi connectivity index (χ2n) is 3.87. The third kappa shape index (κ3) is 5.98. The Morgan fingerprint density at radius 2 is 2.11 bits per heavy atom. The molecule has 6 heteroatoms. The van der Waals surface area contributed by atoms with Gasteiger partial charge in [-0.05, 0) is 24.6 Å². The minimum Gasteiger partial charge on any atom is -0.377 e. The van der Waals surface area contributed by atoms with E-state index in [0.717, 1.165) is 5.56 Å². The zero-order chi connectivity index (χ0) is 14.1. The summed E-state index contributed by atoms with van der Waals surface area (Å²) < 4.78 is 5.29. The molecule has 4 N–H and O–H groups in total. The fraction of sp³-hybridized carbons (Fsp3) is 0.385. The van der Waals surface area contributed by atoms with Gasteiger partial charge in [0.25, 0.3) is 0 Å². The van der Waals surface area contributed by atoms with E-state index in [1.807, 2.05) is 25.1 Å². The highest BCUT2D eigenvalue weighted by Crippen LogP contribution is 2.11. The molecule has 1 rings (SSSR count). The molecule has 19 heavy (non-hydrogen) atoms. The second-order valence-corrected chi connectivity index (χ2v) is 3.87. The van der Waals surface area contributed by atoms with Gasteiger partial charge in [-0.3, -0.25) is 9.59 Å². The Bertz CT molecular complexity index is 435. The van der Waals surface area contributed by atoms with E-state index in [4.69, 9.17) is 10.5 Å². The van der Waals surface area contributed by atoms with Crippen molar-refractivity contribution in [2.24, 2.45) is 5.73 Å². The molecule has 0 aliphatic heterocycles. The minimum absolute atomic E-state index is 0.0915. The van der Waals surface area contributed by atoms with Crippen LogP contribution in [0.1, 0.15) is 12.5 Å². The van der Waals surface area contributed by atoms with Crippen LogP contribution in [-0.2, 0) is 20.9 Å². The molecule has 0 fully saturated rings. The molecule has 0 aromatic heterocycles. The molecule has 0 radical (unpaired) electrons. The van der Waals surface area contributed by atoms with Crippen LogP contribution in [0.4, 0.5) is 5.69 Å². The smallest absolute Gasteiger partial charge is 0.243 e. The lowest BCUT2D eigenvalue weighted by Gasteiger charge is -2.08. The number of carbonyl (C=O) groups excluding carboxylic acids is 2. The quantitative estimate of drug-likeness (QED) is 0.658. The number of hydrogen-bond donors (Lipinski definition) is 3. The van der Waals surface area contributed by atoms with Crippen molar-refractivity contribution in [1.29, 1.82) is 0 Å². The van der Waals surface area contributed by atoms with Crippen molar-refractivity contribution in [1.82, 2.24) is 5.32 Å². The first-order valence-corrected chi connectivity index (χ1v) is 6.09. The van der Waals surface area contributed by atoms with Crippen LogP contribution in [0.5, 0.6) is 0 Å². The van der Waals surface area contributed by atoms with Crippen LogP contribution >= 0.6 is 0 Å². The Labute approximate surface area is 112 Å². The van der Waals surface area contributed by atoms with Crippen LogP contribution in [-0.4, -0.2) is 31.5 Å². The van der Waals surface area contributed by atoms with Crippen LogP contribution in [0.2, 0.25) is 0 Å². The van der Waals surface area contributed by atoms with Gasteiger partial charge in [-0.2, -0.15) is 0 Å². The first-order chi connectivity index (χ1) is 9.15. The van der Waals surface area contributed by atoms with Crippen LogP contribution in [0, 0.1) is 0 Å². The molecule has 0 bridgehead atoms. The molecule has 1 aromatic carbocycles.